The monoisotopic (exact) mass is 345 g/mol. The molecule has 4 heterocycles. The first-order valence-electron chi connectivity index (χ1n) is 7.98. The maximum absolute atomic E-state index is 12.1. The lowest BCUT2D eigenvalue weighted by Gasteiger charge is -2.08. The quantitative estimate of drug-likeness (QED) is 0.527. The number of nitrogens with zero attached hydrogens (tertiary/aromatic N) is 4. The predicted molar refractivity (Wildman–Crippen MR) is 97.2 cm³/mol. The molecular formula is C18H15N7O. The Morgan fingerprint density at radius 2 is 1.92 bits per heavy atom. The normalized spacial score (nSPS) is 10.6. The van der Waals surface area contributed by atoms with Crippen LogP contribution in [0.4, 0.5) is 10.6 Å². The van der Waals surface area contributed by atoms with Gasteiger partial charge in [-0.2, -0.15) is 5.10 Å². The van der Waals surface area contributed by atoms with E-state index < -0.39 is 0 Å². The zero-order valence-corrected chi connectivity index (χ0v) is 13.7. The summed E-state index contributed by atoms with van der Waals surface area (Å²) in [6, 6.07) is 8.81. The molecule has 0 aliphatic rings. The molecule has 3 N–H and O–H groups in total. The third kappa shape index (κ3) is 3.48. The minimum absolute atomic E-state index is 0.326. The van der Waals surface area contributed by atoms with Crippen LogP contribution in [0.2, 0.25) is 0 Å². The number of fused-ring (bicyclic) bond motifs is 1. The number of hydrogen-bond donors (Lipinski definition) is 3. The Morgan fingerprint density at radius 3 is 2.73 bits per heavy atom. The van der Waals surface area contributed by atoms with Gasteiger partial charge in [-0.05, 0) is 35.9 Å². The molecule has 26 heavy (non-hydrogen) atoms. The summed E-state index contributed by atoms with van der Waals surface area (Å²) < 4.78 is 0. The van der Waals surface area contributed by atoms with Crippen LogP contribution < -0.4 is 10.6 Å². The molecule has 0 fully saturated rings. The van der Waals surface area contributed by atoms with E-state index in [4.69, 9.17) is 0 Å². The molecule has 0 spiro atoms. The van der Waals surface area contributed by atoms with Crippen molar-refractivity contribution < 1.29 is 4.79 Å². The molecule has 8 heteroatoms. The first-order chi connectivity index (χ1) is 12.8. The summed E-state index contributed by atoms with van der Waals surface area (Å²) in [4.78, 5) is 24.9. The molecule has 0 aliphatic carbocycles. The van der Waals surface area contributed by atoms with Crippen LogP contribution in [0, 0.1) is 0 Å². The summed E-state index contributed by atoms with van der Waals surface area (Å²) in [5.74, 6) is 0.455. The minimum Gasteiger partial charge on any atom is -0.334 e. The zero-order chi connectivity index (χ0) is 17.8. The number of rotatable bonds is 4. The van der Waals surface area contributed by atoms with E-state index in [9.17, 15) is 4.79 Å². The van der Waals surface area contributed by atoms with Gasteiger partial charge in [0.1, 0.15) is 5.82 Å². The summed E-state index contributed by atoms with van der Waals surface area (Å²) in [5.41, 5.74) is 4.24. The fraction of sp³-hybridized carbons (Fsp3) is 0.0556. The van der Waals surface area contributed by atoms with Crippen molar-refractivity contribution in [2.75, 3.05) is 5.32 Å². The Balaban J connectivity index is 1.48. The molecule has 0 saturated heterocycles. The van der Waals surface area contributed by atoms with E-state index in [2.05, 4.69) is 35.8 Å². The number of anilines is 1. The van der Waals surface area contributed by atoms with Crippen molar-refractivity contribution in [2.45, 2.75) is 6.54 Å². The second kappa shape index (κ2) is 6.98. The third-order valence-corrected chi connectivity index (χ3v) is 3.81. The van der Waals surface area contributed by atoms with Crippen LogP contribution in [0.5, 0.6) is 0 Å². The molecule has 0 bridgehead atoms. The highest BCUT2D eigenvalue weighted by atomic mass is 16.2. The van der Waals surface area contributed by atoms with Gasteiger partial charge in [-0.15, -0.1) is 0 Å². The molecule has 4 rings (SSSR count). The van der Waals surface area contributed by atoms with Gasteiger partial charge in [0.2, 0.25) is 0 Å². The maximum atomic E-state index is 12.1. The Labute approximate surface area is 148 Å². The van der Waals surface area contributed by atoms with E-state index >= 15 is 0 Å². The maximum Gasteiger partial charge on any atom is 0.320 e. The molecular weight excluding hydrogens is 330 g/mol. The summed E-state index contributed by atoms with van der Waals surface area (Å²) in [6.07, 6.45) is 8.65. The van der Waals surface area contributed by atoms with E-state index in [0.29, 0.717) is 17.9 Å². The van der Waals surface area contributed by atoms with Gasteiger partial charge in [0.25, 0.3) is 0 Å². The Kier molecular flexibility index (Phi) is 4.21. The molecule has 8 nitrogen and oxygen atoms in total. The van der Waals surface area contributed by atoms with Crippen molar-refractivity contribution in [3.63, 3.8) is 0 Å². The topological polar surface area (TPSA) is 108 Å². The molecule has 128 valence electrons. The van der Waals surface area contributed by atoms with E-state index in [1.54, 1.807) is 37.1 Å². The summed E-state index contributed by atoms with van der Waals surface area (Å²) in [5, 5.41) is 12.2. The van der Waals surface area contributed by atoms with Crippen molar-refractivity contribution in [2.24, 2.45) is 0 Å². The van der Waals surface area contributed by atoms with E-state index in [-0.39, 0.29) is 6.03 Å². The number of urea groups is 1. The lowest BCUT2D eigenvalue weighted by Crippen LogP contribution is -2.28. The third-order valence-electron chi connectivity index (χ3n) is 3.81. The lowest BCUT2D eigenvalue weighted by molar-refractivity contribution is 0.251. The average molecular weight is 345 g/mol. The molecule has 0 aromatic carbocycles. The summed E-state index contributed by atoms with van der Waals surface area (Å²) in [6.45, 7) is 0.411. The molecule has 0 unspecified atom stereocenters. The van der Waals surface area contributed by atoms with Gasteiger partial charge >= 0.3 is 6.03 Å². The van der Waals surface area contributed by atoms with Crippen molar-refractivity contribution in [3.05, 3.63) is 66.9 Å². The molecule has 4 aromatic rings. The Hall–Kier alpha value is -3.81. The van der Waals surface area contributed by atoms with Gasteiger partial charge in [-0.1, -0.05) is 0 Å². The number of carbonyl (C=O) groups is 1. The smallest absolute Gasteiger partial charge is 0.320 e. The summed E-state index contributed by atoms with van der Waals surface area (Å²) >= 11 is 0. The van der Waals surface area contributed by atoms with Crippen molar-refractivity contribution in [3.8, 4) is 11.1 Å². The van der Waals surface area contributed by atoms with Crippen molar-refractivity contribution >= 4 is 22.9 Å². The van der Waals surface area contributed by atoms with Crippen LogP contribution in [-0.4, -0.2) is 31.2 Å². The molecule has 0 atom stereocenters. The highest BCUT2D eigenvalue weighted by Gasteiger charge is 2.07. The zero-order valence-electron chi connectivity index (χ0n) is 13.7. The standard InChI is InChI=1S/C18H15N7O/c26-18(21-8-12-3-5-19-6-4-12)25-17-2-1-15-16(24-17)7-13(9-20-15)14-10-22-23-11-14/h1-7,9-11H,8H2,(H,22,23)(H2,21,24,25,26). The molecule has 0 aliphatic heterocycles. The van der Waals surface area contributed by atoms with Gasteiger partial charge < -0.3 is 5.32 Å². The van der Waals surface area contributed by atoms with E-state index in [0.717, 1.165) is 22.2 Å². The van der Waals surface area contributed by atoms with Crippen LogP contribution in [0.15, 0.2) is 61.3 Å². The SMILES string of the molecule is O=C(NCc1ccncc1)Nc1ccc2ncc(-c3cn[nH]c3)cc2n1. The number of carbonyl (C=O) groups excluding carboxylic acids is 1. The lowest BCUT2D eigenvalue weighted by atomic mass is 10.1. The summed E-state index contributed by atoms with van der Waals surface area (Å²) in [7, 11) is 0. The minimum atomic E-state index is -0.326. The van der Waals surface area contributed by atoms with Crippen LogP contribution in [-0.2, 0) is 6.54 Å². The second-order valence-corrected chi connectivity index (χ2v) is 5.61. The van der Waals surface area contributed by atoms with Crippen molar-refractivity contribution in [1.82, 2.24) is 30.5 Å². The van der Waals surface area contributed by atoms with Crippen LogP contribution in [0.3, 0.4) is 0 Å². The Morgan fingerprint density at radius 1 is 1.04 bits per heavy atom. The second-order valence-electron chi connectivity index (χ2n) is 5.61. The highest BCUT2D eigenvalue weighted by Crippen LogP contribution is 2.21. The fourth-order valence-electron chi connectivity index (χ4n) is 2.49. The van der Waals surface area contributed by atoms with Gasteiger partial charge in [0, 0.05) is 42.5 Å². The van der Waals surface area contributed by atoms with Gasteiger partial charge in [0.05, 0.1) is 17.2 Å². The number of aromatic amines is 1. The first kappa shape index (κ1) is 15.7. The highest BCUT2D eigenvalue weighted by molar-refractivity contribution is 5.90. The number of aromatic nitrogens is 5. The van der Waals surface area contributed by atoms with Gasteiger partial charge in [-0.25, -0.2) is 9.78 Å². The van der Waals surface area contributed by atoms with Crippen LogP contribution in [0.25, 0.3) is 22.2 Å². The predicted octanol–water partition coefficient (Wildman–Crippen LogP) is 2.74. The number of amides is 2. The van der Waals surface area contributed by atoms with E-state index in [1.807, 2.05) is 24.3 Å². The Bertz CT molecular complexity index is 1030. The van der Waals surface area contributed by atoms with Gasteiger partial charge in [-0.3, -0.25) is 20.4 Å². The van der Waals surface area contributed by atoms with E-state index in [1.165, 1.54) is 0 Å². The number of H-pyrrole nitrogens is 1. The number of pyridine rings is 3. The number of hydrogen-bond acceptors (Lipinski definition) is 5. The van der Waals surface area contributed by atoms with Crippen LogP contribution >= 0.6 is 0 Å². The fourth-order valence-corrected chi connectivity index (χ4v) is 2.49. The average Bonchev–Trinajstić information content (AvgIpc) is 3.21. The number of nitrogens with one attached hydrogen (secondary N) is 3. The molecule has 0 radical (unpaired) electrons. The largest absolute Gasteiger partial charge is 0.334 e. The van der Waals surface area contributed by atoms with Gasteiger partial charge in [0.15, 0.2) is 0 Å². The molecule has 0 saturated carbocycles. The molecule has 2 amide bonds. The van der Waals surface area contributed by atoms with Crippen molar-refractivity contribution in [1.29, 1.82) is 0 Å². The molecule has 4 aromatic heterocycles. The van der Waals surface area contributed by atoms with Crippen LogP contribution in [0.1, 0.15) is 5.56 Å². The first-order valence-corrected chi connectivity index (χ1v) is 7.98.